The molecule has 1 amide bonds. The summed E-state index contributed by atoms with van der Waals surface area (Å²) < 4.78 is 0.850. The number of amides is 1. The number of nitrogens with zero attached hydrogens (tertiary/aromatic N) is 2. The highest BCUT2D eigenvalue weighted by molar-refractivity contribution is 9.10. The van der Waals surface area contributed by atoms with Crippen molar-refractivity contribution in [1.82, 2.24) is 4.90 Å². The van der Waals surface area contributed by atoms with E-state index in [2.05, 4.69) is 20.8 Å². The highest BCUT2D eigenvalue weighted by Gasteiger charge is 2.24. The molecule has 1 saturated heterocycles. The van der Waals surface area contributed by atoms with Gasteiger partial charge in [0.05, 0.1) is 5.56 Å². The SMILES string of the molecule is Cc1cccc(Br)c1C(=O)N1CCN(c2ccc(O)cc2)CC1. The zero-order chi connectivity index (χ0) is 16.4. The third-order valence-corrected chi connectivity index (χ3v) is 4.88. The molecular formula is C18H19BrN2O2. The maximum atomic E-state index is 12.8. The average Bonchev–Trinajstić information content (AvgIpc) is 2.55. The smallest absolute Gasteiger partial charge is 0.255 e. The van der Waals surface area contributed by atoms with Gasteiger partial charge in [0.2, 0.25) is 0 Å². The number of hydrogen-bond donors (Lipinski definition) is 1. The number of halogens is 1. The molecule has 0 unspecified atom stereocenters. The van der Waals surface area contributed by atoms with E-state index in [1.807, 2.05) is 42.2 Å². The zero-order valence-corrected chi connectivity index (χ0v) is 14.6. The second-order valence-electron chi connectivity index (χ2n) is 5.73. The normalized spacial score (nSPS) is 14.9. The van der Waals surface area contributed by atoms with E-state index in [-0.39, 0.29) is 11.7 Å². The van der Waals surface area contributed by atoms with Gasteiger partial charge in [-0.15, -0.1) is 0 Å². The van der Waals surface area contributed by atoms with Gasteiger partial charge in [0.25, 0.3) is 5.91 Å². The Morgan fingerprint density at radius 3 is 2.30 bits per heavy atom. The van der Waals surface area contributed by atoms with E-state index in [1.54, 1.807) is 12.1 Å². The Morgan fingerprint density at radius 1 is 1.04 bits per heavy atom. The van der Waals surface area contributed by atoms with E-state index < -0.39 is 0 Å². The lowest BCUT2D eigenvalue weighted by molar-refractivity contribution is 0.0745. The maximum Gasteiger partial charge on any atom is 0.255 e. The van der Waals surface area contributed by atoms with Crippen molar-refractivity contribution in [2.75, 3.05) is 31.1 Å². The maximum absolute atomic E-state index is 12.8. The second kappa shape index (κ2) is 6.62. The van der Waals surface area contributed by atoms with Gasteiger partial charge in [-0.05, 0) is 58.7 Å². The number of piperazine rings is 1. The number of phenolic OH excluding ortho intramolecular Hbond substituents is 1. The van der Waals surface area contributed by atoms with Crippen LogP contribution in [0.4, 0.5) is 5.69 Å². The fourth-order valence-corrected chi connectivity index (χ4v) is 3.53. The first kappa shape index (κ1) is 15.9. The minimum Gasteiger partial charge on any atom is -0.508 e. The van der Waals surface area contributed by atoms with Crippen LogP contribution in [0.5, 0.6) is 5.75 Å². The molecule has 0 radical (unpaired) electrons. The largest absolute Gasteiger partial charge is 0.508 e. The molecule has 1 heterocycles. The molecule has 5 heteroatoms. The van der Waals surface area contributed by atoms with Crippen LogP contribution in [-0.4, -0.2) is 42.1 Å². The third kappa shape index (κ3) is 3.34. The Labute approximate surface area is 144 Å². The average molecular weight is 375 g/mol. The van der Waals surface area contributed by atoms with Gasteiger partial charge < -0.3 is 14.9 Å². The van der Waals surface area contributed by atoms with Gasteiger partial charge in [0, 0.05) is 36.3 Å². The van der Waals surface area contributed by atoms with Crippen molar-refractivity contribution in [1.29, 1.82) is 0 Å². The number of anilines is 1. The summed E-state index contributed by atoms with van der Waals surface area (Å²) in [4.78, 5) is 16.9. The van der Waals surface area contributed by atoms with E-state index in [0.717, 1.165) is 34.4 Å². The molecule has 0 spiro atoms. The number of hydrogen-bond acceptors (Lipinski definition) is 3. The van der Waals surface area contributed by atoms with E-state index in [0.29, 0.717) is 13.1 Å². The summed E-state index contributed by atoms with van der Waals surface area (Å²) in [5.74, 6) is 0.354. The second-order valence-corrected chi connectivity index (χ2v) is 6.58. The van der Waals surface area contributed by atoms with E-state index in [9.17, 15) is 9.90 Å². The molecule has 2 aromatic carbocycles. The Kier molecular flexibility index (Phi) is 4.57. The summed E-state index contributed by atoms with van der Waals surface area (Å²) in [5, 5.41) is 9.37. The number of benzene rings is 2. The van der Waals surface area contributed by atoms with Crippen LogP contribution in [0.3, 0.4) is 0 Å². The molecule has 0 saturated carbocycles. The Bertz CT molecular complexity index is 687. The number of carbonyl (C=O) groups excluding carboxylic acids is 1. The monoisotopic (exact) mass is 374 g/mol. The standard InChI is InChI=1S/C18H19BrN2O2/c1-13-3-2-4-16(19)17(13)18(23)21-11-9-20(10-12-21)14-5-7-15(22)8-6-14/h2-8,22H,9-12H2,1H3. The lowest BCUT2D eigenvalue weighted by atomic mass is 10.1. The lowest BCUT2D eigenvalue weighted by Gasteiger charge is -2.36. The van der Waals surface area contributed by atoms with E-state index in [4.69, 9.17) is 0 Å². The highest BCUT2D eigenvalue weighted by Crippen LogP contribution is 2.24. The van der Waals surface area contributed by atoms with Gasteiger partial charge in [-0.2, -0.15) is 0 Å². The fourth-order valence-electron chi connectivity index (χ4n) is 2.89. The molecule has 0 aromatic heterocycles. The molecule has 120 valence electrons. The molecule has 1 N–H and O–H groups in total. The van der Waals surface area contributed by atoms with Crippen LogP contribution in [0.25, 0.3) is 0 Å². The zero-order valence-electron chi connectivity index (χ0n) is 13.0. The van der Waals surface area contributed by atoms with Crippen molar-refractivity contribution in [2.45, 2.75) is 6.92 Å². The van der Waals surface area contributed by atoms with Crippen LogP contribution >= 0.6 is 15.9 Å². The van der Waals surface area contributed by atoms with Crippen LogP contribution in [-0.2, 0) is 0 Å². The first-order chi connectivity index (χ1) is 11.1. The van der Waals surface area contributed by atoms with Crippen LogP contribution in [0.1, 0.15) is 15.9 Å². The summed E-state index contributed by atoms with van der Waals surface area (Å²) in [6, 6.07) is 13.0. The van der Waals surface area contributed by atoms with Gasteiger partial charge in [0.15, 0.2) is 0 Å². The van der Waals surface area contributed by atoms with Crippen molar-refractivity contribution in [3.05, 3.63) is 58.1 Å². The molecular weight excluding hydrogens is 356 g/mol. The number of aryl methyl sites for hydroxylation is 1. The van der Waals surface area contributed by atoms with Crippen LogP contribution in [0.2, 0.25) is 0 Å². The van der Waals surface area contributed by atoms with Crippen LogP contribution < -0.4 is 4.90 Å². The summed E-state index contributed by atoms with van der Waals surface area (Å²) >= 11 is 3.49. The summed E-state index contributed by atoms with van der Waals surface area (Å²) in [6.07, 6.45) is 0. The summed E-state index contributed by atoms with van der Waals surface area (Å²) in [6.45, 7) is 4.94. The Morgan fingerprint density at radius 2 is 1.70 bits per heavy atom. The molecule has 23 heavy (non-hydrogen) atoms. The van der Waals surface area contributed by atoms with E-state index in [1.165, 1.54) is 0 Å². The number of carbonyl (C=O) groups is 1. The molecule has 0 atom stereocenters. The Balaban J connectivity index is 1.69. The molecule has 0 aliphatic carbocycles. The van der Waals surface area contributed by atoms with Crippen molar-refractivity contribution in [2.24, 2.45) is 0 Å². The minimum atomic E-state index is 0.0836. The van der Waals surface area contributed by atoms with Crippen LogP contribution in [0.15, 0.2) is 46.9 Å². The first-order valence-electron chi connectivity index (χ1n) is 7.64. The third-order valence-electron chi connectivity index (χ3n) is 4.22. The van der Waals surface area contributed by atoms with Gasteiger partial charge in [-0.1, -0.05) is 12.1 Å². The minimum absolute atomic E-state index is 0.0836. The molecule has 1 aliphatic heterocycles. The highest BCUT2D eigenvalue weighted by atomic mass is 79.9. The predicted molar refractivity (Wildman–Crippen MR) is 95.1 cm³/mol. The lowest BCUT2D eigenvalue weighted by Crippen LogP contribution is -2.49. The quantitative estimate of drug-likeness (QED) is 0.875. The molecule has 0 bridgehead atoms. The topological polar surface area (TPSA) is 43.8 Å². The van der Waals surface area contributed by atoms with Gasteiger partial charge in [0.1, 0.15) is 5.75 Å². The number of rotatable bonds is 2. The first-order valence-corrected chi connectivity index (χ1v) is 8.44. The van der Waals surface area contributed by atoms with Gasteiger partial charge >= 0.3 is 0 Å². The predicted octanol–water partition coefficient (Wildman–Crippen LogP) is 3.43. The Hall–Kier alpha value is -2.01. The van der Waals surface area contributed by atoms with Crippen molar-refractivity contribution in [3.8, 4) is 5.75 Å². The van der Waals surface area contributed by atoms with Crippen LogP contribution in [0, 0.1) is 6.92 Å². The molecule has 2 aromatic rings. The molecule has 4 nitrogen and oxygen atoms in total. The van der Waals surface area contributed by atoms with E-state index >= 15 is 0 Å². The van der Waals surface area contributed by atoms with Gasteiger partial charge in [-0.25, -0.2) is 0 Å². The summed E-state index contributed by atoms with van der Waals surface area (Å²) in [7, 11) is 0. The molecule has 1 fully saturated rings. The van der Waals surface area contributed by atoms with Crippen molar-refractivity contribution < 1.29 is 9.90 Å². The fraction of sp³-hybridized carbons (Fsp3) is 0.278. The molecule has 1 aliphatic rings. The van der Waals surface area contributed by atoms with Crippen molar-refractivity contribution in [3.63, 3.8) is 0 Å². The number of aromatic hydroxyl groups is 1. The molecule has 3 rings (SSSR count). The van der Waals surface area contributed by atoms with Gasteiger partial charge in [-0.3, -0.25) is 4.79 Å². The summed E-state index contributed by atoms with van der Waals surface area (Å²) in [5.41, 5.74) is 2.82. The number of phenols is 1. The van der Waals surface area contributed by atoms with Crippen molar-refractivity contribution >= 4 is 27.5 Å².